The number of carboxylic acid groups (broad SMARTS) is 1. The summed E-state index contributed by atoms with van der Waals surface area (Å²) in [5.74, 6) is -6.32. The van der Waals surface area contributed by atoms with Crippen molar-refractivity contribution < 1.29 is 38.9 Å². The Bertz CT molecular complexity index is 1580. The minimum atomic E-state index is -1.90. The van der Waals surface area contributed by atoms with Crippen molar-refractivity contribution in [3.8, 4) is 5.75 Å². The summed E-state index contributed by atoms with van der Waals surface area (Å²) in [6.07, 6.45) is 1.87. The molecule has 4 amide bonds. The number of carbonyl (C=O) groups excluding carboxylic acids is 4. The average molecular weight is 613 g/mol. The second kappa shape index (κ2) is 9.93. The quantitative estimate of drug-likeness (QED) is 0.288. The first-order chi connectivity index (χ1) is 20.0. The molecule has 2 saturated heterocycles. The van der Waals surface area contributed by atoms with Gasteiger partial charge in [0, 0.05) is 13.0 Å². The molecule has 6 atom stereocenters. The third kappa shape index (κ3) is 3.78. The molecule has 2 heterocycles. The van der Waals surface area contributed by atoms with E-state index in [0.717, 1.165) is 9.80 Å². The van der Waals surface area contributed by atoms with Crippen molar-refractivity contribution in [1.29, 1.82) is 0 Å². The van der Waals surface area contributed by atoms with Gasteiger partial charge >= 0.3 is 5.97 Å². The van der Waals surface area contributed by atoms with E-state index in [4.69, 9.17) is 33.0 Å². The van der Waals surface area contributed by atoms with Gasteiger partial charge in [0.05, 0.1) is 29.7 Å². The third-order valence-electron chi connectivity index (χ3n) is 8.94. The lowest BCUT2D eigenvalue weighted by Gasteiger charge is -2.50. The van der Waals surface area contributed by atoms with E-state index in [-0.39, 0.29) is 37.3 Å². The Balaban J connectivity index is 1.46. The molecular weight excluding hydrogens is 587 g/mol. The highest BCUT2D eigenvalue weighted by atomic mass is 35.5. The Hall–Kier alpha value is -3.73. The first kappa shape index (κ1) is 28.4. The molecule has 0 radical (unpaired) electrons. The molecule has 0 spiro atoms. The van der Waals surface area contributed by atoms with Crippen LogP contribution in [0, 0.1) is 17.8 Å². The van der Waals surface area contributed by atoms with Gasteiger partial charge in [-0.2, -0.15) is 0 Å². The molecular formula is C30H26Cl2N2O8. The van der Waals surface area contributed by atoms with E-state index in [1.54, 1.807) is 24.3 Å². The molecule has 218 valence electrons. The predicted molar refractivity (Wildman–Crippen MR) is 150 cm³/mol. The molecule has 0 aromatic heterocycles. The molecule has 0 bridgehead atoms. The number of allylic oxidation sites excluding steroid dienone is 2. The minimum Gasteiger partial charge on any atom is -0.491 e. The number of halogens is 2. The number of aliphatic hydroxyl groups is 1. The number of imide groups is 2. The lowest BCUT2D eigenvalue weighted by Crippen LogP contribution is -2.60. The van der Waals surface area contributed by atoms with Crippen LogP contribution in [0.25, 0.3) is 0 Å². The number of rotatable bonds is 6. The molecule has 6 rings (SSSR count). The lowest BCUT2D eigenvalue weighted by molar-refractivity contribution is -0.138. The van der Waals surface area contributed by atoms with Crippen LogP contribution in [0.15, 0.2) is 60.2 Å². The van der Waals surface area contributed by atoms with Crippen LogP contribution in [0.2, 0.25) is 0 Å². The fraction of sp³-hybridized carbons (Fsp3) is 0.367. The van der Waals surface area contributed by atoms with Crippen LogP contribution in [-0.2, 0) is 19.2 Å². The van der Waals surface area contributed by atoms with Crippen molar-refractivity contribution in [2.75, 3.05) is 25.2 Å². The summed E-state index contributed by atoms with van der Waals surface area (Å²) in [6.45, 7) is -0.0858. The molecule has 3 fully saturated rings. The Morgan fingerprint density at radius 1 is 1.02 bits per heavy atom. The molecule has 4 aliphatic rings. The Labute approximate surface area is 250 Å². The molecule has 1 saturated carbocycles. The number of benzene rings is 2. The van der Waals surface area contributed by atoms with Crippen molar-refractivity contribution in [3.63, 3.8) is 0 Å². The van der Waals surface area contributed by atoms with E-state index in [2.05, 4.69) is 0 Å². The molecule has 2 aliphatic carbocycles. The van der Waals surface area contributed by atoms with Crippen LogP contribution in [0.1, 0.15) is 34.7 Å². The number of hydrogen-bond acceptors (Lipinski definition) is 7. The van der Waals surface area contributed by atoms with Crippen molar-refractivity contribution >= 4 is 58.5 Å². The van der Waals surface area contributed by atoms with Gasteiger partial charge in [-0.3, -0.25) is 29.0 Å². The van der Waals surface area contributed by atoms with Crippen LogP contribution in [0.4, 0.5) is 5.69 Å². The van der Waals surface area contributed by atoms with E-state index in [0.29, 0.717) is 16.9 Å². The number of carboxylic acids is 1. The predicted octanol–water partition coefficient (Wildman–Crippen LogP) is 2.95. The van der Waals surface area contributed by atoms with Crippen molar-refractivity contribution in [2.24, 2.45) is 17.8 Å². The van der Waals surface area contributed by atoms with Gasteiger partial charge in [-0.1, -0.05) is 29.8 Å². The van der Waals surface area contributed by atoms with E-state index in [1.807, 2.05) is 6.08 Å². The minimum absolute atomic E-state index is 0.0735. The van der Waals surface area contributed by atoms with Gasteiger partial charge in [0.1, 0.15) is 12.4 Å². The summed E-state index contributed by atoms with van der Waals surface area (Å²) < 4.78 is 5.47. The fourth-order valence-corrected chi connectivity index (χ4v) is 8.09. The zero-order valence-electron chi connectivity index (χ0n) is 22.3. The zero-order chi connectivity index (χ0) is 30.1. The molecule has 2 aromatic carbocycles. The normalized spacial score (nSPS) is 32.0. The number of anilines is 1. The van der Waals surface area contributed by atoms with E-state index < -0.39 is 63.0 Å². The first-order valence-electron chi connectivity index (χ1n) is 13.4. The van der Waals surface area contributed by atoms with Gasteiger partial charge in [0.2, 0.25) is 11.8 Å². The van der Waals surface area contributed by atoms with Crippen molar-refractivity contribution in [2.45, 2.75) is 28.5 Å². The number of hydrogen-bond donors (Lipinski definition) is 2. The average Bonchev–Trinajstić information content (AvgIpc) is 3.31. The number of carbonyl (C=O) groups is 5. The highest BCUT2D eigenvalue weighted by Crippen LogP contribution is 2.65. The van der Waals surface area contributed by atoms with E-state index in [1.165, 1.54) is 31.3 Å². The van der Waals surface area contributed by atoms with Gasteiger partial charge in [-0.25, -0.2) is 4.79 Å². The number of amides is 4. The molecule has 2 aliphatic heterocycles. The highest BCUT2D eigenvalue weighted by molar-refractivity contribution is 6.53. The van der Waals surface area contributed by atoms with Crippen LogP contribution >= 0.6 is 23.2 Å². The number of fused-ring (bicyclic) bond motifs is 4. The van der Waals surface area contributed by atoms with Gasteiger partial charge in [0.15, 0.2) is 9.75 Å². The molecule has 2 N–H and O–H groups in total. The maximum Gasteiger partial charge on any atom is 0.335 e. The molecule has 10 nitrogen and oxygen atoms in total. The first-order valence-corrected chi connectivity index (χ1v) is 14.2. The van der Waals surface area contributed by atoms with Crippen LogP contribution in [-0.4, -0.2) is 74.7 Å². The largest absolute Gasteiger partial charge is 0.491 e. The standard InChI is InChI=1S/C30H26Cl2N2O8/c1-33-27(40)29(31)14-21-19(23(30(29,32)28(33)41)15-5-7-18(8-6-15)42-12-11-35)9-10-20-22(21)25(37)34(24(20)36)17-4-2-3-16(13-17)26(38)39/h2-9,13,20-23,35H,10-12,14H2,1H3,(H,38,39)/t20-,21+,22-,23-,29+,30-/m0/s1. The van der Waals surface area contributed by atoms with Gasteiger partial charge in [0.25, 0.3) is 11.8 Å². The Kier molecular flexibility index (Phi) is 6.71. The molecule has 42 heavy (non-hydrogen) atoms. The summed E-state index contributed by atoms with van der Waals surface area (Å²) in [7, 11) is 1.32. The molecule has 0 unspecified atom stereocenters. The van der Waals surface area contributed by atoms with Crippen LogP contribution in [0.3, 0.4) is 0 Å². The summed E-state index contributed by atoms with van der Waals surface area (Å²) in [6, 6.07) is 12.3. The third-order valence-corrected chi connectivity index (χ3v) is 10.4. The van der Waals surface area contributed by atoms with E-state index >= 15 is 0 Å². The Morgan fingerprint density at radius 3 is 2.40 bits per heavy atom. The van der Waals surface area contributed by atoms with Crippen LogP contribution in [0.5, 0.6) is 5.75 Å². The number of nitrogens with zero attached hydrogens (tertiary/aromatic N) is 2. The van der Waals surface area contributed by atoms with Gasteiger partial charge in [-0.05, 0) is 54.7 Å². The van der Waals surface area contributed by atoms with Crippen molar-refractivity contribution in [1.82, 2.24) is 4.90 Å². The Morgan fingerprint density at radius 2 is 1.74 bits per heavy atom. The summed E-state index contributed by atoms with van der Waals surface area (Å²) in [5, 5.41) is 18.5. The van der Waals surface area contributed by atoms with Gasteiger partial charge in [-0.15, -0.1) is 23.2 Å². The number of likely N-dealkylation sites (tertiary alicyclic amines) is 1. The highest BCUT2D eigenvalue weighted by Gasteiger charge is 2.75. The number of alkyl halides is 2. The van der Waals surface area contributed by atoms with Crippen molar-refractivity contribution in [3.05, 3.63) is 71.3 Å². The summed E-state index contributed by atoms with van der Waals surface area (Å²) >= 11 is 14.3. The lowest BCUT2D eigenvalue weighted by atomic mass is 9.56. The summed E-state index contributed by atoms with van der Waals surface area (Å²) in [5.41, 5.74) is 1.28. The number of aliphatic hydroxyl groups excluding tert-OH is 1. The molecule has 2 aromatic rings. The smallest absolute Gasteiger partial charge is 0.335 e. The number of aromatic carboxylic acids is 1. The monoisotopic (exact) mass is 612 g/mol. The maximum absolute atomic E-state index is 14.0. The number of ether oxygens (including phenoxy) is 1. The molecule has 12 heteroatoms. The SMILES string of the molecule is CN1C(=O)[C@]2(Cl)C[C@@H]3C(=CC[C@@H]4C(=O)N(c5cccc(C(=O)O)c5)C(=O)[C@@H]43)[C@H](c3ccc(OCCO)cc3)[C@]2(Cl)C1=O. The van der Waals surface area contributed by atoms with Crippen LogP contribution < -0.4 is 9.64 Å². The summed E-state index contributed by atoms with van der Waals surface area (Å²) in [4.78, 5) is 64.5. The second-order valence-corrected chi connectivity index (χ2v) is 12.2. The van der Waals surface area contributed by atoms with Gasteiger partial charge < -0.3 is 14.9 Å². The fourth-order valence-electron chi connectivity index (χ4n) is 7.07. The second-order valence-electron chi connectivity index (χ2n) is 11.0. The zero-order valence-corrected chi connectivity index (χ0v) is 23.8. The van der Waals surface area contributed by atoms with E-state index in [9.17, 15) is 29.1 Å². The topological polar surface area (TPSA) is 142 Å². The maximum atomic E-state index is 14.0.